The van der Waals surface area contributed by atoms with Gasteiger partial charge in [-0.25, -0.2) is 0 Å². The Hall–Kier alpha value is -0.920. The van der Waals surface area contributed by atoms with Crippen molar-refractivity contribution >= 4 is 0 Å². The third-order valence-electron chi connectivity index (χ3n) is 2.56. The van der Waals surface area contributed by atoms with Crippen LogP contribution >= 0.6 is 0 Å². The summed E-state index contributed by atoms with van der Waals surface area (Å²) < 4.78 is 11.3. The lowest BCUT2D eigenvalue weighted by molar-refractivity contribution is -0.195. The number of hydrogen-bond donors (Lipinski definition) is 0. The van der Waals surface area contributed by atoms with E-state index in [1.54, 1.807) is 0 Å². The smallest absolute Gasteiger partial charge is 0.249 e. The van der Waals surface area contributed by atoms with Crippen molar-refractivity contribution in [2.75, 3.05) is 0 Å². The van der Waals surface area contributed by atoms with Gasteiger partial charge in [0.15, 0.2) is 0 Å². The van der Waals surface area contributed by atoms with Crippen LogP contribution in [0.1, 0.15) is 59.8 Å². The Morgan fingerprint density at radius 1 is 1.00 bits per heavy atom. The molecule has 0 N–H and O–H groups in total. The lowest BCUT2D eigenvalue weighted by Crippen LogP contribution is -2.37. The molecule has 0 aromatic carbocycles. The molecule has 0 unspecified atom stereocenters. The largest absolute Gasteiger partial charge is 0.461 e. The normalized spacial score (nSPS) is 12.0. The van der Waals surface area contributed by atoms with Crippen LogP contribution in [0.2, 0.25) is 0 Å². The fraction of sp³-hybridized carbons (Fsp3) is 0.733. The molecule has 100 valence electrons. The molecular formula is C15H28O2. The van der Waals surface area contributed by atoms with Crippen LogP contribution in [0.3, 0.4) is 0 Å². The fourth-order valence-corrected chi connectivity index (χ4v) is 2.07. The zero-order valence-corrected chi connectivity index (χ0v) is 11.9. The first-order valence-corrected chi connectivity index (χ1v) is 6.46. The third kappa shape index (κ3) is 7.09. The van der Waals surface area contributed by atoms with Gasteiger partial charge in [0, 0.05) is 12.8 Å². The summed E-state index contributed by atoms with van der Waals surface area (Å²) in [5.74, 6) is -0.600. The number of ether oxygens (including phenoxy) is 2. The van der Waals surface area contributed by atoms with E-state index < -0.39 is 5.79 Å². The molecule has 0 aliphatic heterocycles. The number of hydrogen-bond acceptors (Lipinski definition) is 2. The molecule has 2 nitrogen and oxygen atoms in total. The van der Waals surface area contributed by atoms with Crippen LogP contribution < -0.4 is 0 Å². The van der Waals surface area contributed by atoms with Crippen molar-refractivity contribution in [1.29, 1.82) is 0 Å². The first-order chi connectivity index (χ1) is 7.89. The van der Waals surface area contributed by atoms with Crippen LogP contribution in [0, 0.1) is 5.41 Å². The SMILES string of the molecule is C=COC(CCCCC)(CC(C)(C)C)OC=C. The minimum absolute atomic E-state index is 0.137. The quantitative estimate of drug-likeness (QED) is 0.320. The highest BCUT2D eigenvalue weighted by molar-refractivity contribution is 4.81. The van der Waals surface area contributed by atoms with E-state index in [1.165, 1.54) is 25.4 Å². The Balaban J connectivity index is 4.70. The van der Waals surface area contributed by atoms with Gasteiger partial charge in [-0.1, -0.05) is 53.7 Å². The second-order valence-electron chi connectivity index (χ2n) is 5.67. The van der Waals surface area contributed by atoms with E-state index in [2.05, 4.69) is 40.9 Å². The van der Waals surface area contributed by atoms with E-state index in [0.717, 1.165) is 19.3 Å². The highest BCUT2D eigenvalue weighted by Gasteiger charge is 2.36. The minimum Gasteiger partial charge on any atom is -0.461 e. The van der Waals surface area contributed by atoms with Crippen molar-refractivity contribution < 1.29 is 9.47 Å². The third-order valence-corrected chi connectivity index (χ3v) is 2.56. The molecule has 0 fully saturated rings. The van der Waals surface area contributed by atoms with Crippen molar-refractivity contribution in [2.45, 2.75) is 65.6 Å². The predicted octanol–water partition coefficient (Wildman–Crippen LogP) is 5.02. The molecule has 0 saturated carbocycles. The first-order valence-electron chi connectivity index (χ1n) is 6.46. The van der Waals surface area contributed by atoms with Crippen LogP contribution in [0.15, 0.2) is 25.7 Å². The summed E-state index contributed by atoms with van der Waals surface area (Å²) in [5.41, 5.74) is 0.137. The molecule has 0 rings (SSSR count). The molecule has 0 aromatic rings. The maximum Gasteiger partial charge on any atom is 0.249 e. The number of unbranched alkanes of at least 4 members (excludes halogenated alkanes) is 2. The van der Waals surface area contributed by atoms with E-state index in [4.69, 9.17) is 9.47 Å². The lowest BCUT2D eigenvalue weighted by Gasteiger charge is -2.37. The zero-order valence-electron chi connectivity index (χ0n) is 11.9. The molecule has 17 heavy (non-hydrogen) atoms. The summed E-state index contributed by atoms with van der Waals surface area (Å²) in [5, 5.41) is 0. The van der Waals surface area contributed by atoms with Gasteiger partial charge < -0.3 is 9.47 Å². The van der Waals surface area contributed by atoms with E-state index in [-0.39, 0.29) is 5.41 Å². The summed E-state index contributed by atoms with van der Waals surface area (Å²) in [4.78, 5) is 0. The van der Waals surface area contributed by atoms with Gasteiger partial charge in [-0.2, -0.15) is 0 Å². The molecule has 0 atom stereocenters. The van der Waals surface area contributed by atoms with E-state index in [9.17, 15) is 0 Å². The van der Waals surface area contributed by atoms with Crippen LogP contribution in [-0.4, -0.2) is 5.79 Å². The van der Waals surface area contributed by atoms with Gasteiger partial charge >= 0.3 is 0 Å². The Kier molecular flexibility index (Phi) is 7.01. The lowest BCUT2D eigenvalue weighted by atomic mass is 9.85. The molecule has 0 saturated heterocycles. The average Bonchev–Trinajstić information content (AvgIpc) is 2.16. The molecule has 0 heterocycles. The molecule has 0 radical (unpaired) electrons. The highest BCUT2D eigenvalue weighted by atomic mass is 16.7. The van der Waals surface area contributed by atoms with Crippen molar-refractivity contribution in [3.05, 3.63) is 25.7 Å². The zero-order chi connectivity index (χ0) is 13.4. The van der Waals surface area contributed by atoms with E-state index >= 15 is 0 Å². The van der Waals surface area contributed by atoms with Crippen molar-refractivity contribution in [2.24, 2.45) is 5.41 Å². The molecule has 0 bridgehead atoms. The maximum atomic E-state index is 5.66. The van der Waals surface area contributed by atoms with Crippen LogP contribution in [-0.2, 0) is 9.47 Å². The molecule has 0 aliphatic carbocycles. The van der Waals surface area contributed by atoms with Gasteiger partial charge in [-0.05, 0) is 11.8 Å². The maximum absolute atomic E-state index is 5.66. The summed E-state index contributed by atoms with van der Waals surface area (Å²) in [6.07, 6.45) is 8.11. The van der Waals surface area contributed by atoms with Crippen LogP contribution in [0.4, 0.5) is 0 Å². The second kappa shape index (κ2) is 7.41. The molecule has 0 amide bonds. The van der Waals surface area contributed by atoms with Gasteiger partial charge in [0.1, 0.15) is 0 Å². The van der Waals surface area contributed by atoms with Gasteiger partial charge in [0.25, 0.3) is 0 Å². The van der Waals surface area contributed by atoms with Crippen LogP contribution in [0.25, 0.3) is 0 Å². The molecule has 2 heteroatoms. The standard InChI is InChI=1S/C15H28O2/c1-7-10-11-12-15(16-8-2,17-9-3)13-14(4,5)6/h8-9H,2-3,7,10-13H2,1,4-6H3. The topological polar surface area (TPSA) is 18.5 Å². The second-order valence-corrected chi connectivity index (χ2v) is 5.67. The Morgan fingerprint density at radius 2 is 1.53 bits per heavy atom. The summed E-state index contributed by atoms with van der Waals surface area (Å²) in [7, 11) is 0. The van der Waals surface area contributed by atoms with Gasteiger partial charge in [0.2, 0.25) is 5.79 Å². The average molecular weight is 240 g/mol. The summed E-state index contributed by atoms with van der Waals surface area (Å²) >= 11 is 0. The van der Waals surface area contributed by atoms with Gasteiger partial charge in [-0.3, -0.25) is 0 Å². The Labute approximate surface area is 107 Å². The van der Waals surface area contributed by atoms with Crippen molar-refractivity contribution in [1.82, 2.24) is 0 Å². The molecule has 0 spiro atoms. The minimum atomic E-state index is -0.600. The van der Waals surface area contributed by atoms with E-state index in [0.29, 0.717) is 0 Å². The first kappa shape index (κ1) is 16.1. The van der Waals surface area contributed by atoms with Crippen molar-refractivity contribution in [3.8, 4) is 0 Å². The van der Waals surface area contributed by atoms with E-state index in [1.807, 2.05) is 0 Å². The molecule has 0 aliphatic rings. The fourth-order valence-electron chi connectivity index (χ4n) is 2.07. The predicted molar refractivity (Wildman–Crippen MR) is 73.5 cm³/mol. The Morgan fingerprint density at radius 3 is 1.88 bits per heavy atom. The van der Waals surface area contributed by atoms with Gasteiger partial charge in [-0.15, -0.1) is 0 Å². The van der Waals surface area contributed by atoms with Crippen molar-refractivity contribution in [3.63, 3.8) is 0 Å². The van der Waals surface area contributed by atoms with Gasteiger partial charge in [0.05, 0.1) is 12.5 Å². The number of rotatable bonds is 9. The Bertz CT molecular complexity index is 216. The molecular weight excluding hydrogens is 212 g/mol. The van der Waals surface area contributed by atoms with Crippen LogP contribution in [0.5, 0.6) is 0 Å². The highest BCUT2D eigenvalue weighted by Crippen LogP contribution is 2.35. The summed E-state index contributed by atoms with van der Waals surface area (Å²) in [6.45, 7) is 16.0. The monoisotopic (exact) mass is 240 g/mol. The molecule has 0 aromatic heterocycles. The summed E-state index contributed by atoms with van der Waals surface area (Å²) in [6, 6.07) is 0.